The second kappa shape index (κ2) is 9.00. The van der Waals surface area contributed by atoms with Crippen LogP contribution >= 0.6 is 11.6 Å². The highest BCUT2D eigenvalue weighted by Crippen LogP contribution is 2.40. The first-order chi connectivity index (χ1) is 16.4. The summed E-state index contributed by atoms with van der Waals surface area (Å²) in [6.07, 6.45) is 1.86. The summed E-state index contributed by atoms with van der Waals surface area (Å²) in [6, 6.07) is 11.3. The summed E-state index contributed by atoms with van der Waals surface area (Å²) in [5, 5.41) is 0.637. The van der Waals surface area contributed by atoms with Gasteiger partial charge in [0.1, 0.15) is 11.3 Å². The Kier molecular flexibility index (Phi) is 6.04. The molecule has 2 fully saturated rings. The number of hydrogen-bond donors (Lipinski definition) is 0. The number of nitrogens with zero attached hydrogens (tertiary/aromatic N) is 3. The molecule has 9 heteroatoms. The lowest BCUT2D eigenvalue weighted by Crippen LogP contribution is -2.56. The van der Waals surface area contributed by atoms with E-state index in [1.165, 1.54) is 4.90 Å². The first-order valence-corrected chi connectivity index (χ1v) is 11.8. The van der Waals surface area contributed by atoms with Gasteiger partial charge < -0.3 is 19.1 Å². The van der Waals surface area contributed by atoms with E-state index < -0.39 is 5.54 Å². The van der Waals surface area contributed by atoms with Gasteiger partial charge in [-0.05, 0) is 48.6 Å². The molecule has 2 aromatic carbocycles. The highest BCUT2D eigenvalue weighted by molar-refractivity contribution is 6.31. The molecule has 34 heavy (non-hydrogen) atoms. The third kappa shape index (κ3) is 3.95. The monoisotopic (exact) mass is 485 g/mol. The van der Waals surface area contributed by atoms with Crippen LogP contribution in [0.25, 0.3) is 0 Å². The molecular formula is C25H28ClN3O5. The van der Waals surface area contributed by atoms with Gasteiger partial charge >= 0.3 is 6.03 Å². The highest BCUT2D eigenvalue weighted by atomic mass is 35.5. The van der Waals surface area contributed by atoms with Crippen LogP contribution in [0.5, 0.6) is 17.2 Å². The van der Waals surface area contributed by atoms with Crippen molar-refractivity contribution in [3.63, 3.8) is 0 Å². The van der Waals surface area contributed by atoms with E-state index in [0.717, 1.165) is 16.9 Å². The second-order valence-corrected chi connectivity index (χ2v) is 9.41. The number of fused-ring (bicyclic) bond motifs is 1. The van der Waals surface area contributed by atoms with Crippen LogP contribution < -0.4 is 14.2 Å². The Morgan fingerprint density at radius 2 is 1.74 bits per heavy atom. The smallest absolute Gasteiger partial charge is 0.327 e. The number of likely N-dealkylation sites (tertiary alicyclic amines) is 1. The van der Waals surface area contributed by atoms with Crippen LogP contribution in [-0.4, -0.2) is 72.8 Å². The minimum absolute atomic E-state index is 0.104. The van der Waals surface area contributed by atoms with E-state index in [1.807, 2.05) is 30.3 Å². The minimum Gasteiger partial charge on any atom is -0.497 e. The zero-order chi connectivity index (χ0) is 23.9. The molecule has 3 aliphatic rings. The molecule has 8 nitrogen and oxygen atoms in total. The number of urea groups is 1. The maximum Gasteiger partial charge on any atom is 0.327 e. The first kappa shape index (κ1) is 22.8. The summed E-state index contributed by atoms with van der Waals surface area (Å²) < 4.78 is 16.1. The maximum atomic E-state index is 13.2. The molecule has 3 heterocycles. The zero-order valence-electron chi connectivity index (χ0n) is 19.4. The lowest BCUT2D eigenvalue weighted by molar-refractivity contribution is -0.134. The fourth-order valence-corrected chi connectivity index (χ4v) is 5.32. The summed E-state index contributed by atoms with van der Waals surface area (Å²) in [6.45, 7) is 2.73. The minimum atomic E-state index is -0.784. The lowest BCUT2D eigenvalue weighted by atomic mass is 9.85. The number of piperidine rings is 1. The Hall–Kier alpha value is -2.97. The third-order valence-electron chi connectivity index (χ3n) is 7.14. The Balaban J connectivity index is 1.27. The fourth-order valence-electron chi connectivity index (χ4n) is 5.11. The SMILES string of the molecule is COc1ccc(CCN2C(=O)N(C)C(=O)C23CCN(Cc2cc4c(cc2Cl)OCO4)CC3)cc1. The van der Waals surface area contributed by atoms with Gasteiger partial charge in [0.05, 0.1) is 7.11 Å². The number of benzene rings is 2. The van der Waals surface area contributed by atoms with Gasteiger partial charge in [-0.3, -0.25) is 14.6 Å². The Bertz CT molecular complexity index is 1100. The predicted octanol–water partition coefficient (Wildman–Crippen LogP) is 3.55. The zero-order valence-corrected chi connectivity index (χ0v) is 20.1. The number of carbonyl (C=O) groups is 2. The topological polar surface area (TPSA) is 71.6 Å². The van der Waals surface area contributed by atoms with Crippen LogP contribution in [0, 0.1) is 0 Å². The standard InChI is InChI=1S/C25H28ClN3O5/c1-27-23(30)25(29(24(27)31)10-7-17-3-5-19(32-2)6-4-17)8-11-28(12-9-25)15-18-13-21-22(14-20(18)26)34-16-33-21/h3-6,13-14H,7-12,15-16H2,1-2H3. The normalized spacial score (nSPS) is 19.4. The molecule has 3 aliphatic heterocycles. The van der Waals surface area contributed by atoms with Crippen LogP contribution in [0.3, 0.4) is 0 Å². The number of amides is 3. The summed E-state index contributed by atoms with van der Waals surface area (Å²) in [7, 11) is 3.22. The lowest BCUT2D eigenvalue weighted by Gasteiger charge is -2.42. The number of carbonyl (C=O) groups excluding carboxylic acids is 2. The van der Waals surface area contributed by atoms with Crippen LogP contribution in [0.1, 0.15) is 24.0 Å². The quantitative estimate of drug-likeness (QED) is 0.583. The van der Waals surface area contributed by atoms with Crippen molar-refractivity contribution in [2.75, 3.05) is 40.6 Å². The van der Waals surface area contributed by atoms with E-state index in [1.54, 1.807) is 25.1 Å². The molecule has 0 atom stereocenters. The van der Waals surface area contributed by atoms with Crippen molar-refractivity contribution in [2.24, 2.45) is 0 Å². The van der Waals surface area contributed by atoms with Crippen molar-refractivity contribution >= 4 is 23.5 Å². The van der Waals surface area contributed by atoms with E-state index >= 15 is 0 Å². The maximum absolute atomic E-state index is 13.2. The van der Waals surface area contributed by atoms with Gasteiger partial charge in [-0.2, -0.15) is 0 Å². The van der Waals surface area contributed by atoms with E-state index in [2.05, 4.69) is 4.90 Å². The van der Waals surface area contributed by atoms with Gasteiger partial charge in [-0.25, -0.2) is 4.79 Å². The molecule has 0 unspecified atom stereocenters. The Labute approximate surface area is 203 Å². The Morgan fingerprint density at radius 3 is 2.41 bits per heavy atom. The van der Waals surface area contributed by atoms with Crippen molar-refractivity contribution in [3.8, 4) is 17.2 Å². The number of rotatable bonds is 6. The molecule has 3 amide bonds. The van der Waals surface area contributed by atoms with Gasteiger partial charge in [0.15, 0.2) is 11.5 Å². The van der Waals surface area contributed by atoms with E-state index in [9.17, 15) is 9.59 Å². The summed E-state index contributed by atoms with van der Waals surface area (Å²) in [4.78, 5) is 31.5. The number of methoxy groups -OCH3 is 1. The molecule has 0 saturated carbocycles. The van der Waals surface area contributed by atoms with E-state index in [0.29, 0.717) is 62.0 Å². The second-order valence-electron chi connectivity index (χ2n) is 9.00. The van der Waals surface area contributed by atoms with Crippen molar-refractivity contribution in [3.05, 3.63) is 52.5 Å². The van der Waals surface area contributed by atoms with Crippen molar-refractivity contribution in [1.29, 1.82) is 0 Å². The molecule has 1 spiro atoms. The van der Waals surface area contributed by atoms with Crippen LogP contribution in [0.2, 0.25) is 5.02 Å². The van der Waals surface area contributed by atoms with Crippen LogP contribution in [0.4, 0.5) is 4.79 Å². The Morgan fingerprint density at radius 1 is 1.06 bits per heavy atom. The molecule has 0 aliphatic carbocycles. The summed E-state index contributed by atoms with van der Waals surface area (Å²) in [5.74, 6) is 2.06. The molecule has 0 radical (unpaired) electrons. The average Bonchev–Trinajstić information content (AvgIpc) is 3.37. The molecule has 0 aromatic heterocycles. The number of ether oxygens (including phenoxy) is 3. The van der Waals surface area contributed by atoms with E-state index in [4.69, 9.17) is 25.8 Å². The molecule has 0 bridgehead atoms. The van der Waals surface area contributed by atoms with Gasteiger partial charge in [0.25, 0.3) is 5.91 Å². The molecule has 2 aromatic rings. The summed E-state index contributed by atoms with van der Waals surface area (Å²) in [5.41, 5.74) is 1.28. The number of hydrogen-bond acceptors (Lipinski definition) is 6. The number of imide groups is 1. The summed E-state index contributed by atoms with van der Waals surface area (Å²) >= 11 is 6.47. The number of likely N-dealkylation sites (N-methyl/N-ethyl adjacent to an activating group) is 1. The van der Waals surface area contributed by atoms with Gasteiger partial charge in [0, 0.05) is 44.3 Å². The van der Waals surface area contributed by atoms with Crippen molar-refractivity contribution in [1.82, 2.24) is 14.7 Å². The van der Waals surface area contributed by atoms with Crippen molar-refractivity contribution in [2.45, 2.75) is 31.3 Å². The van der Waals surface area contributed by atoms with Gasteiger partial charge in [-0.15, -0.1) is 0 Å². The molecule has 5 rings (SSSR count). The molecular weight excluding hydrogens is 458 g/mol. The number of halogens is 1. The van der Waals surface area contributed by atoms with Gasteiger partial charge in [-0.1, -0.05) is 23.7 Å². The van der Waals surface area contributed by atoms with Crippen LogP contribution in [-0.2, 0) is 17.8 Å². The largest absolute Gasteiger partial charge is 0.497 e. The fraction of sp³-hybridized carbons (Fsp3) is 0.440. The average molecular weight is 486 g/mol. The predicted molar refractivity (Wildman–Crippen MR) is 126 cm³/mol. The van der Waals surface area contributed by atoms with Crippen molar-refractivity contribution < 1.29 is 23.8 Å². The molecule has 0 N–H and O–H groups in total. The molecule has 180 valence electrons. The highest BCUT2D eigenvalue weighted by Gasteiger charge is 2.56. The van der Waals surface area contributed by atoms with E-state index in [-0.39, 0.29) is 18.7 Å². The van der Waals surface area contributed by atoms with Gasteiger partial charge in [0.2, 0.25) is 6.79 Å². The van der Waals surface area contributed by atoms with Crippen LogP contribution in [0.15, 0.2) is 36.4 Å². The first-order valence-electron chi connectivity index (χ1n) is 11.4. The molecule has 2 saturated heterocycles. The third-order valence-corrected chi connectivity index (χ3v) is 7.49.